The van der Waals surface area contributed by atoms with Crippen LogP contribution in [0.15, 0.2) is 25.0 Å². The van der Waals surface area contributed by atoms with E-state index >= 15 is 0 Å². The van der Waals surface area contributed by atoms with Crippen LogP contribution in [0.2, 0.25) is 0 Å². The van der Waals surface area contributed by atoms with Crippen LogP contribution < -0.4 is 0 Å². The molecular weight excluding hydrogens is 128 g/mol. The van der Waals surface area contributed by atoms with Crippen molar-refractivity contribution in [2.24, 2.45) is 0 Å². The summed E-state index contributed by atoms with van der Waals surface area (Å²) in [5.41, 5.74) is 0.805. The molecule has 0 amide bonds. The first-order valence-corrected chi connectivity index (χ1v) is 3.12. The number of nitrogens with one attached hydrogen (secondary N) is 1. The van der Waals surface area contributed by atoms with Crippen LogP contribution in [0.25, 0.3) is 0 Å². The number of nitrogens with zero attached hydrogens (tertiary/aromatic N) is 1. The Bertz CT molecular complexity index is 193. The van der Waals surface area contributed by atoms with Crippen LogP contribution in [0.3, 0.4) is 0 Å². The Kier molecular flexibility index (Phi) is 2.23. The Balaban J connectivity index is 2.58. The maximum atomic E-state index is 9.28. The van der Waals surface area contributed by atoms with Crippen molar-refractivity contribution in [2.75, 3.05) is 0 Å². The predicted octanol–water partition coefficient (Wildman–Crippen LogP) is 1.02. The molecule has 0 saturated heterocycles. The van der Waals surface area contributed by atoms with Crippen molar-refractivity contribution >= 4 is 0 Å². The first-order chi connectivity index (χ1) is 4.84. The zero-order valence-corrected chi connectivity index (χ0v) is 5.62. The van der Waals surface area contributed by atoms with Crippen molar-refractivity contribution in [3.05, 3.63) is 30.6 Å². The SMILES string of the molecule is C=CCC(O)c1cn[nH]c1. The van der Waals surface area contributed by atoms with E-state index in [2.05, 4.69) is 16.8 Å². The molecule has 0 saturated carbocycles. The molecule has 1 atom stereocenters. The lowest BCUT2D eigenvalue weighted by atomic mass is 10.1. The van der Waals surface area contributed by atoms with Crippen LogP contribution in [0.5, 0.6) is 0 Å². The predicted molar refractivity (Wildman–Crippen MR) is 38.4 cm³/mol. The van der Waals surface area contributed by atoms with E-state index in [1.54, 1.807) is 18.5 Å². The summed E-state index contributed by atoms with van der Waals surface area (Å²) in [6, 6.07) is 0. The van der Waals surface area contributed by atoms with Gasteiger partial charge in [0.2, 0.25) is 0 Å². The molecule has 3 nitrogen and oxygen atoms in total. The molecular formula is C7H10N2O. The lowest BCUT2D eigenvalue weighted by Gasteiger charge is -2.01. The lowest BCUT2D eigenvalue weighted by molar-refractivity contribution is 0.181. The van der Waals surface area contributed by atoms with Crippen LogP contribution in [0.1, 0.15) is 18.1 Å². The lowest BCUT2D eigenvalue weighted by Crippen LogP contribution is -1.92. The monoisotopic (exact) mass is 138 g/mol. The molecule has 1 aromatic heterocycles. The molecule has 0 aliphatic carbocycles. The second-order valence-corrected chi connectivity index (χ2v) is 2.07. The van der Waals surface area contributed by atoms with Gasteiger partial charge >= 0.3 is 0 Å². The van der Waals surface area contributed by atoms with Gasteiger partial charge in [0, 0.05) is 11.8 Å². The van der Waals surface area contributed by atoms with Crippen molar-refractivity contribution in [1.82, 2.24) is 10.2 Å². The Morgan fingerprint density at radius 2 is 2.70 bits per heavy atom. The fraction of sp³-hybridized carbons (Fsp3) is 0.286. The zero-order chi connectivity index (χ0) is 7.40. The quantitative estimate of drug-likeness (QED) is 0.612. The van der Waals surface area contributed by atoms with Gasteiger partial charge < -0.3 is 5.11 Å². The van der Waals surface area contributed by atoms with Gasteiger partial charge in [-0.25, -0.2) is 0 Å². The molecule has 1 aromatic rings. The standard InChI is InChI=1S/C7H10N2O/c1-2-3-7(10)6-4-8-9-5-6/h2,4-5,7,10H,1,3H2,(H,8,9). The van der Waals surface area contributed by atoms with E-state index in [4.69, 9.17) is 0 Å². The molecule has 1 unspecified atom stereocenters. The summed E-state index contributed by atoms with van der Waals surface area (Å²) in [5.74, 6) is 0. The Morgan fingerprint density at radius 1 is 1.90 bits per heavy atom. The molecule has 2 N–H and O–H groups in total. The molecule has 0 fully saturated rings. The molecule has 0 radical (unpaired) electrons. The summed E-state index contributed by atoms with van der Waals surface area (Å²) in [6.07, 6.45) is 5.07. The maximum absolute atomic E-state index is 9.28. The molecule has 0 aliphatic heterocycles. The zero-order valence-electron chi connectivity index (χ0n) is 5.62. The van der Waals surface area contributed by atoms with E-state index < -0.39 is 6.10 Å². The number of H-pyrrole nitrogens is 1. The summed E-state index contributed by atoms with van der Waals surface area (Å²) >= 11 is 0. The average Bonchev–Trinajstić information content (AvgIpc) is 2.38. The minimum absolute atomic E-state index is 0.462. The van der Waals surface area contributed by atoms with Crippen LogP contribution in [-0.4, -0.2) is 15.3 Å². The number of aliphatic hydroxyl groups excluding tert-OH is 1. The van der Waals surface area contributed by atoms with Crippen LogP contribution in [0, 0.1) is 0 Å². The normalized spacial score (nSPS) is 12.9. The highest BCUT2D eigenvalue weighted by atomic mass is 16.3. The third-order valence-corrected chi connectivity index (χ3v) is 1.29. The molecule has 0 aliphatic rings. The van der Waals surface area contributed by atoms with Crippen molar-refractivity contribution in [1.29, 1.82) is 0 Å². The van der Waals surface area contributed by atoms with Gasteiger partial charge in [-0.05, 0) is 6.42 Å². The van der Waals surface area contributed by atoms with E-state index in [1.165, 1.54) is 0 Å². The van der Waals surface area contributed by atoms with E-state index in [0.717, 1.165) is 5.56 Å². The number of aliphatic hydroxyl groups is 1. The van der Waals surface area contributed by atoms with Crippen molar-refractivity contribution in [2.45, 2.75) is 12.5 Å². The van der Waals surface area contributed by atoms with Crippen LogP contribution in [0.4, 0.5) is 0 Å². The minimum Gasteiger partial charge on any atom is -0.388 e. The highest BCUT2D eigenvalue weighted by molar-refractivity contribution is 5.07. The van der Waals surface area contributed by atoms with Gasteiger partial charge in [-0.1, -0.05) is 6.08 Å². The topological polar surface area (TPSA) is 48.9 Å². The summed E-state index contributed by atoms with van der Waals surface area (Å²) in [7, 11) is 0. The highest BCUT2D eigenvalue weighted by Gasteiger charge is 2.04. The van der Waals surface area contributed by atoms with E-state index in [1.807, 2.05) is 0 Å². The molecule has 0 bridgehead atoms. The smallest absolute Gasteiger partial charge is 0.0854 e. The number of hydrogen-bond donors (Lipinski definition) is 2. The van der Waals surface area contributed by atoms with Crippen molar-refractivity contribution in [3.8, 4) is 0 Å². The van der Waals surface area contributed by atoms with Crippen LogP contribution >= 0.6 is 0 Å². The summed E-state index contributed by atoms with van der Waals surface area (Å²) < 4.78 is 0. The van der Waals surface area contributed by atoms with Gasteiger partial charge in [0.15, 0.2) is 0 Å². The molecule has 0 spiro atoms. The second kappa shape index (κ2) is 3.17. The van der Waals surface area contributed by atoms with E-state index in [-0.39, 0.29) is 0 Å². The summed E-state index contributed by atoms with van der Waals surface area (Å²) in [5, 5.41) is 15.6. The third-order valence-electron chi connectivity index (χ3n) is 1.29. The fourth-order valence-corrected chi connectivity index (χ4v) is 0.737. The minimum atomic E-state index is -0.462. The van der Waals surface area contributed by atoms with E-state index in [0.29, 0.717) is 6.42 Å². The Morgan fingerprint density at radius 3 is 3.20 bits per heavy atom. The molecule has 54 valence electrons. The Labute approximate surface area is 59.4 Å². The van der Waals surface area contributed by atoms with Gasteiger partial charge in [-0.3, -0.25) is 5.10 Å². The highest BCUT2D eigenvalue weighted by Crippen LogP contribution is 2.13. The number of hydrogen-bond acceptors (Lipinski definition) is 2. The Hall–Kier alpha value is -1.09. The molecule has 1 rings (SSSR count). The first-order valence-electron chi connectivity index (χ1n) is 3.12. The third kappa shape index (κ3) is 1.45. The molecule has 1 heterocycles. The van der Waals surface area contributed by atoms with Crippen molar-refractivity contribution < 1.29 is 5.11 Å². The van der Waals surface area contributed by atoms with Gasteiger partial charge in [-0.2, -0.15) is 5.10 Å². The van der Waals surface area contributed by atoms with Crippen LogP contribution in [-0.2, 0) is 0 Å². The summed E-state index contributed by atoms with van der Waals surface area (Å²) in [4.78, 5) is 0. The van der Waals surface area contributed by atoms with Gasteiger partial charge in [0.1, 0.15) is 0 Å². The number of aromatic nitrogens is 2. The number of rotatable bonds is 3. The second-order valence-electron chi connectivity index (χ2n) is 2.07. The van der Waals surface area contributed by atoms with E-state index in [9.17, 15) is 5.11 Å². The summed E-state index contributed by atoms with van der Waals surface area (Å²) in [6.45, 7) is 3.52. The van der Waals surface area contributed by atoms with Gasteiger partial charge in [0.25, 0.3) is 0 Å². The van der Waals surface area contributed by atoms with Gasteiger partial charge in [-0.15, -0.1) is 6.58 Å². The maximum Gasteiger partial charge on any atom is 0.0854 e. The average molecular weight is 138 g/mol. The fourth-order valence-electron chi connectivity index (χ4n) is 0.737. The van der Waals surface area contributed by atoms with Gasteiger partial charge in [0.05, 0.1) is 12.3 Å². The first kappa shape index (κ1) is 7.02. The molecule has 10 heavy (non-hydrogen) atoms. The largest absolute Gasteiger partial charge is 0.388 e. The number of aromatic amines is 1. The molecule has 3 heteroatoms. The molecule has 0 aromatic carbocycles. The van der Waals surface area contributed by atoms with Crippen molar-refractivity contribution in [3.63, 3.8) is 0 Å².